The number of methoxy groups -OCH3 is 1. The number of benzene rings is 1. The third kappa shape index (κ3) is 4.18. The smallest absolute Gasteiger partial charge is 0.307 e. The quantitative estimate of drug-likeness (QED) is 0.672. The van der Waals surface area contributed by atoms with Crippen LogP contribution in [0.15, 0.2) is 24.3 Å². The molecule has 86 valence electrons. The molecule has 1 aromatic rings. The second kappa shape index (κ2) is 6.47. The molecule has 1 aromatic carbocycles. The van der Waals surface area contributed by atoms with Crippen molar-refractivity contribution >= 4 is 34.5 Å². The molecule has 1 rings (SSSR count). The summed E-state index contributed by atoms with van der Waals surface area (Å²) in [6.45, 7) is 0.289. The van der Waals surface area contributed by atoms with Crippen molar-refractivity contribution in [1.29, 1.82) is 0 Å². The van der Waals surface area contributed by atoms with Crippen molar-refractivity contribution in [2.45, 2.75) is 6.42 Å². The maximum atomic E-state index is 11.6. The Morgan fingerprint density at radius 3 is 2.50 bits per heavy atom. The van der Waals surface area contributed by atoms with Crippen LogP contribution in [0.25, 0.3) is 0 Å². The molecular formula is C11H12INO3. The maximum Gasteiger partial charge on any atom is 0.307 e. The third-order valence-corrected chi connectivity index (χ3v) is 2.67. The molecule has 16 heavy (non-hydrogen) atoms. The number of esters is 1. The molecule has 0 aliphatic heterocycles. The van der Waals surface area contributed by atoms with E-state index in [0.29, 0.717) is 5.56 Å². The predicted molar refractivity (Wildman–Crippen MR) is 68.1 cm³/mol. The fourth-order valence-corrected chi connectivity index (χ4v) is 1.44. The van der Waals surface area contributed by atoms with E-state index >= 15 is 0 Å². The molecule has 0 saturated carbocycles. The summed E-state index contributed by atoms with van der Waals surface area (Å²) in [6.07, 6.45) is 0.187. The molecule has 0 saturated heterocycles. The molecule has 0 fully saturated rings. The lowest BCUT2D eigenvalue weighted by Crippen LogP contribution is -2.26. The first-order chi connectivity index (χ1) is 7.63. The highest BCUT2D eigenvalue weighted by atomic mass is 127. The van der Waals surface area contributed by atoms with Gasteiger partial charge in [-0.25, -0.2) is 0 Å². The van der Waals surface area contributed by atoms with Gasteiger partial charge in [-0.3, -0.25) is 9.59 Å². The molecule has 0 spiro atoms. The Kier molecular flexibility index (Phi) is 5.24. The molecule has 0 radical (unpaired) electrons. The number of ether oxygens (including phenoxy) is 1. The highest BCUT2D eigenvalue weighted by Gasteiger charge is 2.05. The summed E-state index contributed by atoms with van der Waals surface area (Å²) >= 11 is 2.17. The zero-order valence-electron chi connectivity index (χ0n) is 8.83. The lowest BCUT2D eigenvalue weighted by atomic mass is 10.2. The second-order valence-corrected chi connectivity index (χ2v) is 4.33. The molecule has 0 aromatic heterocycles. The van der Waals surface area contributed by atoms with Gasteiger partial charge in [-0.1, -0.05) is 0 Å². The van der Waals surface area contributed by atoms with E-state index in [1.165, 1.54) is 7.11 Å². The minimum absolute atomic E-state index is 0.180. The maximum absolute atomic E-state index is 11.6. The standard InChI is InChI=1S/C11H12INO3/c1-16-10(14)6-7-13-11(15)8-2-4-9(12)5-3-8/h2-5H,6-7H2,1H3,(H,13,15). The number of rotatable bonds is 4. The lowest BCUT2D eigenvalue weighted by Gasteiger charge is -2.04. The van der Waals surface area contributed by atoms with Gasteiger partial charge in [0.2, 0.25) is 0 Å². The van der Waals surface area contributed by atoms with Gasteiger partial charge in [-0.15, -0.1) is 0 Å². The van der Waals surface area contributed by atoms with Crippen molar-refractivity contribution in [3.05, 3.63) is 33.4 Å². The van der Waals surface area contributed by atoms with Crippen molar-refractivity contribution in [2.24, 2.45) is 0 Å². The zero-order chi connectivity index (χ0) is 12.0. The molecule has 0 unspecified atom stereocenters. The number of amides is 1. The van der Waals surface area contributed by atoms with Crippen molar-refractivity contribution in [2.75, 3.05) is 13.7 Å². The molecule has 1 N–H and O–H groups in total. The average molecular weight is 333 g/mol. The average Bonchev–Trinajstić information content (AvgIpc) is 2.29. The number of nitrogens with one attached hydrogen (secondary N) is 1. The van der Waals surface area contributed by atoms with Crippen molar-refractivity contribution in [3.63, 3.8) is 0 Å². The predicted octanol–water partition coefficient (Wildman–Crippen LogP) is 1.58. The van der Waals surface area contributed by atoms with E-state index in [4.69, 9.17) is 0 Å². The van der Waals surface area contributed by atoms with Gasteiger partial charge < -0.3 is 10.1 Å². The summed E-state index contributed by atoms with van der Waals surface area (Å²) in [6, 6.07) is 7.20. The van der Waals surface area contributed by atoms with E-state index in [1.54, 1.807) is 12.1 Å². The van der Waals surface area contributed by atoms with Crippen LogP contribution in [-0.2, 0) is 9.53 Å². The molecule has 0 aliphatic rings. The van der Waals surface area contributed by atoms with Crippen LogP contribution in [0, 0.1) is 3.57 Å². The highest BCUT2D eigenvalue weighted by molar-refractivity contribution is 14.1. The van der Waals surface area contributed by atoms with Crippen LogP contribution >= 0.6 is 22.6 Å². The number of carbonyl (C=O) groups excluding carboxylic acids is 2. The second-order valence-electron chi connectivity index (χ2n) is 3.09. The van der Waals surface area contributed by atoms with E-state index in [0.717, 1.165) is 3.57 Å². The molecule has 0 atom stereocenters. The minimum atomic E-state index is -0.331. The summed E-state index contributed by atoms with van der Waals surface area (Å²) < 4.78 is 5.54. The first-order valence-electron chi connectivity index (χ1n) is 4.74. The van der Waals surface area contributed by atoms with Gasteiger partial charge in [0.1, 0.15) is 0 Å². The SMILES string of the molecule is COC(=O)CCNC(=O)c1ccc(I)cc1. The van der Waals surface area contributed by atoms with Gasteiger partial charge in [0.05, 0.1) is 13.5 Å². The molecular weight excluding hydrogens is 321 g/mol. The van der Waals surface area contributed by atoms with E-state index in [1.807, 2.05) is 12.1 Å². The summed E-state index contributed by atoms with van der Waals surface area (Å²) in [4.78, 5) is 22.4. The van der Waals surface area contributed by atoms with Crippen molar-refractivity contribution < 1.29 is 14.3 Å². The molecule has 0 aliphatic carbocycles. The summed E-state index contributed by atoms with van der Waals surface area (Å²) in [7, 11) is 1.32. The Hall–Kier alpha value is -1.11. The molecule has 5 heteroatoms. The molecule has 1 amide bonds. The van der Waals surface area contributed by atoms with Crippen molar-refractivity contribution in [1.82, 2.24) is 5.32 Å². The van der Waals surface area contributed by atoms with Crippen LogP contribution in [0.3, 0.4) is 0 Å². The Labute approximate surface area is 108 Å². The number of hydrogen-bond acceptors (Lipinski definition) is 3. The topological polar surface area (TPSA) is 55.4 Å². The van der Waals surface area contributed by atoms with Crippen LogP contribution in [0.5, 0.6) is 0 Å². The van der Waals surface area contributed by atoms with Gasteiger partial charge in [-0.2, -0.15) is 0 Å². The molecule has 0 bridgehead atoms. The van der Waals surface area contributed by atoms with E-state index in [-0.39, 0.29) is 24.8 Å². The Bertz CT molecular complexity index is 375. The van der Waals surface area contributed by atoms with E-state index in [9.17, 15) is 9.59 Å². The number of hydrogen-bond donors (Lipinski definition) is 1. The van der Waals surface area contributed by atoms with Crippen LogP contribution in [0.4, 0.5) is 0 Å². The number of carbonyl (C=O) groups is 2. The van der Waals surface area contributed by atoms with Gasteiger partial charge in [0.25, 0.3) is 5.91 Å². The normalized spacial score (nSPS) is 9.62. The third-order valence-electron chi connectivity index (χ3n) is 1.95. The van der Waals surface area contributed by atoms with Crippen LogP contribution < -0.4 is 5.32 Å². The van der Waals surface area contributed by atoms with Crippen LogP contribution in [0.2, 0.25) is 0 Å². The Morgan fingerprint density at radius 2 is 1.94 bits per heavy atom. The van der Waals surface area contributed by atoms with Gasteiger partial charge in [-0.05, 0) is 46.9 Å². The Morgan fingerprint density at radius 1 is 1.31 bits per heavy atom. The summed E-state index contributed by atoms with van der Waals surface area (Å²) in [5, 5.41) is 2.64. The lowest BCUT2D eigenvalue weighted by molar-refractivity contribution is -0.140. The van der Waals surface area contributed by atoms with Crippen LogP contribution in [0.1, 0.15) is 16.8 Å². The first-order valence-corrected chi connectivity index (χ1v) is 5.82. The molecule has 0 heterocycles. The Balaban J connectivity index is 2.41. The van der Waals surface area contributed by atoms with E-state index < -0.39 is 0 Å². The van der Waals surface area contributed by atoms with Gasteiger partial charge >= 0.3 is 5.97 Å². The van der Waals surface area contributed by atoms with E-state index in [2.05, 4.69) is 32.6 Å². The monoisotopic (exact) mass is 333 g/mol. The first kappa shape index (κ1) is 13.0. The largest absolute Gasteiger partial charge is 0.469 e. The summed E-state index contributed by atoms with van der Waals surface area (Å²) in [5.41, 5.74) is 0.588. The van der Waals surface area contributed by atoms with Crippen molar-refractivity contribution in [3.8, 4) is 0 Å². The summed E-state index contributed by atoms with van der Waals surface area (Å²) in [5.74, 6) is -0.511. The molecule has 4 nitrogen and oxygen atoms in total. The minimum Gasteiger partial charge on any atom is -0.469 e. The number of halogens is 1. The zero-order valence-corrected chi connectivity index (χ0v) is 11.0. The fraction of sp³-hybridized carbons (Fsp3) is 0.273. The van der Waals surface area contributed by atoms with Gasteiger partial charge in [0.15, 0.2) is 0 Å². The fourth-order valence-electron chi connectivity index (χ4n) is 1.08. The van der Waals surface area contributed by atoms with Crippen LogP contribution in [-0.4, -0.2) is 25.5 Å². The highest BCUT2D eigenvalue weighted by Crippen LogP contribution is 2.06. The van der Waals surface area contributed by atoms with Gasteiger partial charge in [0, 0.05) is 15.7 Å².